The number of urea groups is 1. The van der Waals surface area contributed by atoms with Crippen molar-refractivity contribution in [2.45, 2.75) is 50.5 Å². The van der Waals surface area contributed by atoms with E-state index in [1.165, 1.54) is 11.0 Å². The standard InChI is InChI=1S/C19H18F3N5O/c20-19(21,22)15-9-14(6-5-12(15)10-23)27-17-4-2-1-3-16(17)26(18(27)28)11-13-7-8-24-25-13/h5-9,16-17H,1-4,11H2,(H,24,25)/t16-,17-/m0/s1. The van der Waals surface area contributed by atoms with Crippen LogP contribution in [0.3, 0.4) is 0 Å². The first-order chi connectivity index (χ1) is 13.4. The second-order valence-corrected chi connectivity index (χ2v) is 7.10. The van der Waals surface area contributed by atoms with E-state index < -0.39 is 17.3 Å². The van der Waals surface area contributed by atoms with Gasteiger partial charge >= 0.3 is 12.2 Å². The Bertz CT molecular complexity index is 919. The topological polar surface area (TPSA) is 76.0 Å². The van der Waals surface area contributed by atoms with Crippen molar-refractivity contribution in [2.75, 3.05) is 4.90 Å². The molecule has 2 aromatic rings. The van der Waals surface area contributed by atoms with Gasteiger partial charge in [-0.15, -0.1) is 0 Å². The molecule has 28 heavy (non-hydrogen) atoms. The van der Waals surface area contributed by atoms with E-state index in [-0.39, 0.29) is 23.8 Å². The highest BCUT2D eigenvalue weighted by molar-refractivity contribution is 5.95. The third kappa shape index (κ3) is 3.09. The Morgan fingerprint density at radius 1 is 1.21 bits per heavy atom. The molecule has 0 bridgehead atoms. The molecular formula is C19H18F3N5O. The summed E-state index contributed by atoms with van der Waals surface area (Å²) in [4.78, 5) is 16.3. The minimum Gasteiger partial charge on any atom is -0.313 e. The lowest BCUT2D eigenvalue weighted by Gasteiger charge is -2.31. The van der Waals surface area contributed by atoms with Crippen LogP contribution in [-0.2, 0) is 12.7 Å². The van der Waals surface area contributed by atoms with Crippen LogP contribution in [0.25, 0.3) is 0 Å². The molecule has 9 heteroatoms. The molecule has 2 amide bonds. The van der Waals surface area contributed by atoms with Gasteiger partial charge in [0.05, 0.1) is 41.5 Å². The number of carbonyl (C=O) groups excluding carboxylic acids is 1. The average Bonchev–Trinajstić information content (AvgIpc) is 3.28. The number of alkyl halides is 3. The van der Waals surface area contributed by atoms with Gasteiger partial charge in [0.15, 0.2) is 0 Å². The number of anilines is 1. The van der Waals surface area contributed by atoms with E-state index in [2.05, 4.69) is 10.2 Å². The molecule has 0 radical (unpaired) electrons. The molecule has 1 aromatic carbocycles. The number of halogens is 3. The Labute approximate surface area is 159 Å². The molecule has 6 nitrogen and oxygen atoms in total. The molecule has 146 valence electrons. The van der Waals surface area contributed by atoms with E-state index in [1.807, 2.05) is 0 Å². The number of fused-ring (bicyclic) bond motifs is 1. The number of H-pyrrole nitrogens is 1. The van der Waals surface area contributed by atoms with Gasteiger partial charge in [-0.2, -0.15) is 23.5 Å². The summed E-state index contributed by atoms with van der Waals surface area (Å²) in [5.74, 6) is 0. The van der Waals surface area contributed by atoms with Crippen LogP contribution in [0.4, 0.5) is 23.7 Å². The van der Waals surface area contributed by atoms with Crippen LogP contribution in [0.5, 0.6) is 0 Å². The van der Waals surface area contributed by atoms with E-state index in [0.29, 0.717) is 12.2 Å². The number of nitrogens with zero attached hydrogens (tertiary/aromatic N) is 4. The molecule has 1 N–H and O–H groups in total. The quantitative estimate of drug-likeness (QED) is 0.860. The number of nitrogens with one attached hydrogen (secondary N) is 1. The first kappa shape index (κ1) is 18.3. The van der Waals surface area contributed by atoms with Gasteiger partial charge < -0.3 is 4.90 Å². The summed E-state index contributed by atoms with van der Waals surface area (Å²) >= 11 is 0. The summed E-state index contributed by atoms with van der Waals surface area (Å²) in [6, 6.07) is 6.26. The van der Waals surface area contributed by atoms with E-state index in [0.717, 1.165) is 37.8 Å². The summed E-state index contributed by atoms with van der Waals surface area (Å²) in [6.07, 6.45) is 0.436. The Kier molecular flexibility index (Phi) is 4.49. The number of aromatic amines is 1. The zero-order valence-corrected chi connectivity index (χ0v) is 14.9. The fourth-order valence-corrected chi connectivity index (χ4v) is 4.23. The molecule has 1 saturated heterocycles. The van der Waals surface area contributed by atoms with Gasteiger partial charge in [0.2, 0.25) is 0 Å². The molecule has 1 aliphatic heterocycles. The van der Waals surface area contributed by atoms with Crippen LogP contribution in [0.15, 0.2) is 30.5 Å². The highest BCUT2D eigenvalue weighted by Gasteiger charge is 2.47. The van der Waals surface area contributed by atoms with Crippen molar-refractivity contribution < 1.29 is 18.0 Å². The largest absolute Gasteiger partial charge is 0.417 e. The van der Waals surface area contributed by atoms with Crippen LogP contribution in [0, 0.1) is 11.3 Å². The van der Waals surface area contributed by atoms with Crippen molar-refractivity contribution in [1.29, 1.82) is 5.26 Å². The lowest BCUT2D eigenvalue weighted by atomic mass is 9.90. The first-order valence-electron chi connectivity index (χ1n) is 9.10. The van der Waals surface area contributed by atoms with Gasteiger partial charge in [-0.1, -0.05) is 12.8 Å². The summed E-state index contributed by atoms with van der Waals surface area (Å²) in [5.41, 5.74) is -0.581. The normalized spacial score (nSPS) is 22.3. The monoisotopic (exact) mass is 389 g/mol. The third-order valence-electron chi connectivity index (χ3n) is 5.48. The first-order valence-corrected chi connectivity index (χ1v) is 9.10. The number of nitriles is 1. The van der Waals surface area contributed by atoms with Crippen molar-refractivity contribution in [3.05, 3.63) is 47.3 Å². The van der Waals surface area contributed by atoms with Gasteiger partial charge in [0.25, 0.3) is 0 Å². The Morgan fingerprint density at radius 3 is 2.61 bits per heavy atom. The molecule has 4 rings (SSSR count). The van der Waals surface area contributed by atoms with Crippen molar-refractivity contribution in [1.82, 2.24) is 15.1 Å². The van der Waals surface area contributed by atoms with Gasteiger partial charge in [0.1, 0.15) is 0 Å². The fourth-order valence-electron chi connectivity index (χ4n) is 4.23. The minimum atomic E-state index is -4.66. The average molecular weight is 389 g/mol. The number of rotatable bonds is 3. The van der Waals surface area contributed by atoms with E-state index in [9.17, 15) is 18.0 Å². The lowest BCUT2D eigenvalue weighted by molar-refractivity contribution is -0.137. The van der Waals surface area contributed by atoms with E-state index >= 15 is 0 Å². The molecule has 2 heterocycles. The number of hydrogen-bond donors (Lipinski definition) is 1. The Balaban J connectivity index is 1.72. The van der Waals surface area contributed by atoms with E-state index in [1.54, 1.807) is 23.2 Å². The Hall–Kier alpha value is -3.02. The third-order valence-corrected chi connectivity index (χ3v) is 5.48. The number of amides is 2. The highest BCUT2D eigenvalue weighted by atomic mass is 19.4. The van der Waals surface area contributed by atoms with Gasteiger partial charge in [0, 0.05) is 11.9 Å². The molecule has 1 aromatic heterocycles. The van der Waals surface area contributed by atoms with Crippen molar-refractivity contribution in [2.24, 2.45) is 0 Å². The van der Waals surface area contributed by atoms with Gasteiger partial charge in [-0.3, -0.25) is 10.00 Å². The smallest absolute Gasteiger partial charge is 0.313 e. The molecule has 1 aliphatic carbocycles. The van der Waals surface area contributed by atoms with Gasteiger partial charge in [-0.05, 0) is 37.1 Å². The second-order valence-electron chi connectivity index (χ2n) is 7.10. The van der Waals surface area contributed by atoms with Crippen LogP contribution in [-0.4, -0.2) is 33.2 Å². The van der Waals surface area contributed by atoms with Gasteiger partial charge in [-0.25, -0.2) is 4.79 Å². The molecule has 0 unspecified atom stereocenters. The number of benzene rings is 1. The lowest BCUT2D eigenvalue weighted by Crippen LogP contribution is -2.39. The predicted octanol–water partition coefficient (Wildman–Crippen LogP) is 4.05. The van der Waals surface area contributed by atoms with E-state index in [4.69, 9.17) is 5.26 Å². The molecular weight excluding hydrogens is 371 g/mol. The van der Waals surface area contributed by atoms with Crippen LogP contribution in [0.2, 0.25) is 0 Å². The second kappa shape index (κ2) is 6.86. The molecule has 1 saturated carbocycles. The van der Waals surface area contributed by atoms with Crippen molar-refractivity contribution >= 4 is 11.7 Å². The van der Waals surface area contributed by atoms with Crippen molar-refractivity contribution in [3.8, 4) is 6.07 Å². The maximum absolute atomic E-state index is 13.4. The highest BCUT2D eigenvalue weighted by Crippen LogP contribution is 2.40. The number of carbonyl (C=O) groups is 1. The number of aromatic nitrogens is 2. The predicted molar refractivity (Wildman–Crippen MR) is 94.2 cm³/mol. The Morgan fingerprint density at radius 2 is 1.96 bits per heavy atom. The summed E-state index contributed by atoms with van der Waals surface area (Å²) in [6.45, 7) is 0.308. The summed E-state index contributed by atoms with van der Waals surface area (Å²) in [7, 11) is 0. The summed E-state index contributed by atoms with van der Waals surface area (Å²) in [5, 5.41) is 15.8. The SMILES string of the molecule is N#Cc1ccc(N2C(=O)N(Cc3cc[nH]n3)[C@H]3CCCC[C@@H]32)cc1C(F)(F)F. The maximum Gasteiger partial charge on any atom is 0.417 e. The van der Waals surface area contributed by atoms with Crippen LogP contribution < -0.4 is 4.90 Å². The molecule has 2 atom stereocenters. The minimum absolute atomic E-state index is 0.0667. The number of hydrogen-bond acceptors (Lipinski definition) is 3. The fraction of sp³-hybridized carbons (Fsp3) is 0.421. The summed E-state index contributed by atoms with van der Waals surface area (Å²) < 4.78 is 40.2. The zero-order valence-electron chi connectivity index (χ0n) is 14.9. The zero-order chi connectivity index (χ0) is 19.9. The van der Waals surface area contributed by atoms with Crippen LogP contribution >= 0.6 is 0 Å². The van der Waals surface area contributed by atoms with Crippen LogP contribution in [0.1, 0.15) is 42.5 Å². The molecule has 2 fully saturated rings. The van der Waals surface area contributed by atoms with Crippen molar-refractivity contribution in [3.63, 3.8) is 0 Å². The molecule has 2 aliphatic rings. The maximum atomic E-state index is 13.4. The molecule has 0 spiro atoms.